The maximum Gasteiger partial charge on any atom is 0.239 e. The predicted octanol–water partition coefficient (Wildman–Crippen LogP) is 3.55. The number of amides is 1. The molecule has 3 rings (SSSR count). The van der Waals surface area contributed by atoms with Crippen LogP contribution in [0.5, 0.6) is 5.75 Å². The Balaban J connectivity index is 2.00. The van der Waals surface area contributed by atoms with Crippen molar-refractivity contribution < 1.29 is 9.63 Å². The smallest absolute Gasteiger partial charge is 0.239 e. The first-order valence-corrected chi connectivity index (χ1v) is 6.33. The summed E-state index contributed by atoms with van der Waals surface area (Å²) in [5.41, 5.74) is 4.46. The van der Waals surface area contributed by atoms with Gasteiger partial charge in [0.25, 0.3) is 0 Å². The van der Waals surface area contributed by atoms with Crippen molar-refractivity contribution in [1.29, 1.82) is 0 Å². The van der Waals surface area contributed by atoms with Gasteiger partial charge in [-0.05, 0) is 34.0 Å². The molecule has 0 saturated carbocycles. The van der Waals surface area contributed by atoms with Crippen molar-refractivity contribution >= 4 is 17.2 Å². The Morgan fingerprint density at radius 3 is 2.40 bits per heavy atom. The van der Waals surface area contributed by atoms with Crippen molar-refractivity contribution in [3.05, 3.63) is 66.7 Å². The van der Waals surface area contributed by atoms with Gasteiger partial charge >= 0.3 is 0 Å². The van der Waals surface area contributed by atoms with Crippen molar-refractivity contribution in [3.63, 3.8) is 0 Å². The summed E-state index contributed by atoms with van der Waals surface area (Å²) in [6, 6.07) is 22.1. The van der Waals surface area contributed by atoms with Crippen LogP contribution < -0.4 is 10.3 Å². The lowest BCUT2D eigenvalue weighted by molar-refractivity contribution is -0.115. The first-order valence-electron chi connectivity index (χ1n) is 6.33. The molecule has 0 atom stereocenters. The normalized spacial score (nSPS) is 10.2. The Bertz CT molecular complexity index is 730. The van der Waals surface area contributed by atoms with E-state index in [0.29, 0.717) is 12.2 Å². The molecule has 0 aromatic heterocycles. The maximum absolute atomic E-state index is 10.2. The molecule has 0 fully saturated rings. The van der Waals surface area contributed by atoms with E-state index in [1.54, 1.807) is 0 Å². The molecule has 3 aromatic carbocycles. The van der Waals surface area contributed by atoms with Crippen LogP contribution in [-0.2, 0) is 4.79 Å². The van der Waals surface area contributed by atoms with Crippen LogP contribution in [0.25, 0.3) is 21.9 Å². The third-order valence-electron chi connectivity index (χ3n) is 3.18. The number of nitrogens with one attached hydrogen (secondary N) is 1. The average Bonchev–Trinajstić information content (AvgIpc) is 2.53. The summed E-state index contributed by atoms with van der Waals surface area (Å²) in [5, 5.41) is 2.43. The zero-order valence-electron chi connectivity index (χ0n) is 10.7. The van der Waals surface area contributed by atoms with E-state index in [9.17, 15) is 4.79 Å². The van der Waals surface area contributed by atoms with Crippen molar-refractivity contribution in [2.75, 3.05) is 0 Å². The summed E-state index contributed by atoms with van der Waals surface area (Å²) < 4.78 is 0. The zero-order chi connectivity index (χ0) is 13.8. The number of benzene rings is 3. The minimum Gasteiger partial charge on any atom is -0.380 e. The zero-order valence-corrected chi connectivity index (χ0v) is 10.7. The van der Waals surface area contributed by atoms with E-state index in [1.807, 2.05) is 36.4 Å². The second-order valence-corrected chi connectivity index (χ2v) is 4.39. The van der Waals surface area contributed by atoms with Crippen LogP contribution in [0, 0.1) is 0 Å². The highest BCUT2D eigenvalue weighted by molar-refractivity contribution is 5.96. The van der Waals surface area contributed by atoms with Crippen molar-refractivity contribution in [3.8, 4) is 16.9 Å². The Morgan fingerprint density at radius 1 is 0.850 bits per heavy atom. The molecule has 3 nitrogen and oxygen atoms in total. The van der Waals surface area contributed by atoms with Gasteiger partial charge in [0.15, 0.2) is 5.75 Å². The van der Waals surface area contributed by atoms with Crippen LogP contribution >= 0.6 is 0 Å². The minimum atomic E-state index is 0.499. The summed E-state index contributed by atoms with van der Waals surface area (Å²) in [7, 11) is 0. The van der Waals surface area contributed by atoms with E-state index in [1.165, 1.54) is 16.3 Å². The van der Waals surface area contributed by atoms with Gasteiger partial charge in [-0.2, -0.15) is 5.48 Å². The van der Waals surface area contributed by atoms with Crippen LogP contribution in [-0.4, -0.2) is 6.41 Å². The molecule has 98 valence electrons. The monoisotopic (exact) mass is 263 g/mol. The largest absolute Gasteiger partial charge is 0.380 e. The minimum absolute atomic E-state index is 0.499. The summed E-state index contributed by atoms with van der Waals surface area (Å²) >= 11 is 0. The number of carbonyl (C=O) groups is 1. The van der Waals surface area contributed by atoms with Gasteiger partial charge in [0, 0.05) is 0 Å². The Morgan fingerprint density at radius 2 is 1.60 bits per heavy atom. The molecule has 3 aromatic rings. The molecule has 0 unspecified atom stereocenters. The van der Waals surface area contributed by atoms with Gasteiger partial charge < -0.3 is 4.84 Å². The summed E-state index contributed by atoms with van der Waals surface area (Å²) in [4.78, 5) is 15.2. The lowest BCUT2D eigenvalue weighted by Crippen LogP contribution is -2.15. The average molecular weight is 263 g/mol. The number of hydrogen-bond donors (Lipinski definition) is 1. The van der Waals surface area contributed by atoms with Gasteiger partial charge in [-0.1, -0.05) is 54.6 Å². The second-order valence-electron chi connectivity index (χ2n) is 4.39. The van der Waals surface area contributed by atoms with Gasteiger partial charge in [-0.25, -0.2) is 0 Å². The molecule has 0 spiro atoms. The van der Waals surface area contributed by atoms with Crippen LogP contribution in [0.2, 0.25) is 0 Å². The number of hydroxylamine groups is 1. The van der Waals surface area contributed by atoms with E-state index < -0.39 is 0 Å². The van der Waals surface area contributed by atoms with Crippen molar-refractivity contribution in [2.24, 2.45) is 0 Å². The van der Waals surface area contributed by atoms with E-state index >= 15 is 0 Å². The first-order chi connectivity index (χ1) is 9.88. The number of fused-ring (bicyclic) bond motifs is 1. The fraction of sp³-hybridized carbons (Fsp3) is 0. The molecule has 0 heterocycles. The van der Waals surface area contributed by atoms with Crippen LogP contribution in [0.1, 0.15) is 0 Å². The number of carbonyl (C=O) groups excluding carboxylic acids is 1. The fourth-order valence-electron chi connectivity index (χ4n) is 2.27. The van der Waals surface area contributed by atoms with E-state index in [4.69, 9.17) is 4.84 Å². The number of rotatable bonds is 4. The highest BCUT2D eigenvalue weighted by Gasteiger charge is 2.03. The Hall–Kier alpha value is -2.81. The molecule has 20 heavy (non-hydrogen) atoms. The molecule has 0 saturated heterocycles. The van der Waals surface area contributed by atoms with E-state index in [-0.39, 0.29) is 0 Å². The van der Waals surface area contributed by atoms with E-state index in [2.05, 4.69) is 35.8 Å². The Kier molecular flexibility index (Phi) is 3.33. The van der Waals surface area contributed by atoms with Gasteiger partial charge in [0.2, 0.25) is 6.41 Å². The van der Waals surface area contributed by atoms with Gasteiger partial charge in [-0.15, -0.1) is 0 Å². The number of hydrogen-bond acceptors (Lipinski definition) is 2. The molecule has 0 radical (unpaired) electrons. The molecule has 0 aliphatic heterocycles. The standard InChI is InChI=1S/C17H13NO2/c19-12-18-20-15-10-8-14(9-11-15)17-7-3-5-13-4-1-2-6-16(13)17/h1-12H,(H,18,19). The third-order valence-corrected chi connectivity index (χ3v) is 3.18. The lowest BCUT2D eigenvalue weighted by atomic mass is 9.98. The summed E-state index contributed by atoms with van der Waals surface area (Å²) in [6.07, 6.45) is 0.499. The van der Waals surface area contributed by atoms with Gasteiger partial charge in [0.05, 0.1) is 0 Å². The van der Waals surface area contributed by atoms with Crippen LogP contribution in [0.3, 0.4) is 0 Å². The Labute approximate surface area is 116 Å². The highest BCUT2D eigenvalue weighted by Crippen LogP contribution is 2.29. The second kappa shape index (κ2) is 5.45. The quantitative estimate of drug-likeness (QED) is 0.577. The van der Waals surface area contributed by atoms with Crippen LogP contribution in [0.4, 0.5) is 0 Å². The SMILES string of the molecule is O=CNOc1ccc(-c2cccc3ccccc23)cc1. The van der Waals surface area contributed by atoms with Crippen LogP contribution in [0.15, 0.2) is 66.7 Å². The lowest BCUT2D eigenvalue weighted by Gasteiger charge is -2.08. The predicted molar refractivity (Wildman–Crippen MR) is 79.2 cm³/mol. The third kappa shape index (κ3) is 2.34. The van der Waals surface area contributed by atoms with Gasteiger partial charge in [-0.3, -0.25) is 4.79 Å². The topological polar surface area (TPSA) is 38.3 Å². The van der Waals surface area contributed by atoms with Crippen molar-refractivity contribution in [1.82, 2.24) is 5.48 Å². The molecular formula is C17H13NO2. The molecule has 1 N–H and O–H groups in total. The molecule has 0 bridgehead atoms. The summed E-state index contributed by atoms with van der Waals surface area (Å²) in [5.74, 6) is 0.598. The summed E-state index contributed by atoms with van der Waals surface area (Å²) in [6.45, 7) is 0. The van der Waals surface area contributed by atoms with Crippen molar-refractivity contribution in [2.45, 2.75) is 0 Å². The molecule has 3 heteroatoms. The molecular weight excluding hydrogens is 250 g/mol. The molecule has 0 aliphatic rings. The molecule has 1 amide bonds. The molecule has 0 aliphatic carbocycles. The first kappa shape index (κ1) is 12.2. The van der Waals surface area contributed by atoms with E-state index in [0.717, 1.165) is 5.56 Å². The van der Waals surface area contributed by atoms with Gasteiger partial charge in [0.1, 0.15) is 0 Å². The fourth-order valence-corrected chi connectivity index (χ4v) is 2.27. The highest BCUT2D eigenvalue weighted by atomic mass is 16.6. The maximum atomic E-state index is 10.2.